The largest absolute Gasteiger partial charge is 0.271 e. The fourth-order valence-corrected chi connectivity index (χ4v) is 3.79. The van der Waals surface area contributed by atoms with Crippen molar-refractivity contribution in [2.75, 3.05) is 0 Å². The lowest BCUT2D eigenvalue weighted by molar-refractivity contribution is 0.611. The van der Waals surface area contributed by atoms with E-state index in [1.807, 2.05) is 0 Å². The summed E-state index contributed by atoms with van der Waals surface area (Å²) in [6.45, 7) is 1.70. The zero-order valence-electron chi connectivity index (χ0n) is 5.47. The lowest BCUT2D eigenvalue weighted by Crippen LogP contribution is -1.87. The standard InChI is InChI=1S/C5H4BrClO2S2/c1-3-4(6)2-10-5(3)11(7,8)9/h2H,1H3. The second-order valence-electron chi connectivity index (χ2n) is 1.93. The molecule has 0 bridgehead atoms. The molecule has 0 radical (unpaired) electrons. The van der Waals surface area contributed by atoms with Crippen LogP contribution in [0, 0.1) is 6.92 Å². The molecule has 62 valence electrons. The van der Waals surface area contributed by atoms with Gasteiger partial charge in [-0.1, -0.05) is 0 Å². The van der Waals surface area contributed by atoms with Crippen molar-refractivity contribution in [2.45, 2.75) is 11.1 Å². The van der Waals surface area contributed by atoms with Crippen LogP contribution < -0.4 is 0 Å². The van der Waals surface area contributed by atoms with Crippen molar-refractivity contribution in [3.63, 3.8) is 0 Å². The molecule has 1 rings (SSSR count). The molecule has 11 heavy (non-hydrogen) atoms. The lowest BCUT2D eigenvalue weighted by Gasteiger charge is -1.91. The third-order valence-corrected chi connectivity index (χ3v) is 5.59. The molecule has 6 heteroatoms. The van der Waals surface area contributed by atoms with Crippen LogP contribution in [0.1, 0.15) is 5.56 Å². The van der Waals surface area contributed by atoms with E-state index < -0.39 is 9.05 Å². The van der Waals surface area contributed by atoms with Crippen LogP contribution in [0.25, 0.3) is 0 Å². The molecular weight excluding hydrogens is 272 g/mol. The first-order chi connectivity index (χ1) is 4.93. The SMILES string of the molecule is Cc1c(Br)csc1S(=O)(=O)Cl. The molecule has 1 heterocycles. The third-order valence-electron chi connectivity index (χ3n) is 1.16. The summed E-state index contributed by atoms with van der Waals surface area (Å²) >= 11 is 4.31. The number of thiophene rings is 1. The Hall–Kier alpha value is 0.420. The van der Waals surface area contributed by atoms with Crippen molar-refractivity contribution in [1.82, 2.24) is 0 Å². The van der Waals surface area contributed by atoms with Crippen LogP contribution in [0.5, 0.6) is 0 Å². The van der Waals surface area contributed by atoms with Gasteiger partial charge in [0.25, 0.3) is 9.05 Å². The first kappa shape index (κ1) is 9.51. The van der Waals surface area contributed by atoms with E-state index in [0.717, 1.165) is 15.8 Å². The second kappa shape index (κ2) is 3.05. The van der Waals surface area contributed by atoms with Gasteiger partial charge in [0.15, 0.2) is 0 Å². The predicted octanol–water partition coefficient (Wildman–Crippen LogP) is 2.75. The smallest absolute Gasteiger partial charge is 0.206 e. The molecule has 0 saturated carbocycles. The van der Waals surface area contributed by atoms with E-state index in [4.69, 9.17) is 10.7 Å². The molecule has 0 N–H and O–H groups in total. The molecule has 0 aromatic carbocycles. The van der Waals surface area contributed by atoms with Crippen LogP contribution in [0.4, 0.5) is 0 Å². The van der Waals surface area contributed by atoms with Crippen molar-refractivity contribution >= 4 is 47.0 Å². The lowest BCUT2D eigenvalue weighted by atomic mass is 10.4. The van der Waals surface area contributed by atoms with E-state index >= 15 is 0 Å². The Morgan fingerprint density at radius 3 is 2.36 bits per heavy atom. The van der Waals surface area contributed by atoms with Crippen molar-refractivity contribution in [1.29, 1.82) is 0 Å². The fraction of sp³-hybridized carbons (Fsp3) is 0.200. The van der Waals surface area contributed by atoms with Crippen molar-refractivity contribution < 1.29 is 8.42 Å². The molecule has 0 aliphatic carbocycles. The first-order valence-electron chi connectivity index (χ1n) is 2.61. The molecule has 0 unspecified atom stereocenters. The van der Waals surface area contributed by atoms with Crippen LogP contribution in [-0.4, -0.2) is 8.42 Å². The second-order valence-corrected chi connectivity index (χ2v) is 6.43. The highest BCUT2D eigenvalue weighted by molar-refractivity contribution is 9.10. The number of rotatable bonds is 1. The van der Waals surface area contributed by atoms with Gasteiger partial charge in [0.05, 0.1) is 0 Å². The highest BCUT2D eigenvalue weighted by Crippen LogP contribution is 2.32. The molecule has 0 saturated heterocycles. The predicted molar refractivity (Wildman–Crippen MR) is 49.8 cm³/mol. The van der Waals surface area contributed by atoms with E-state index in [-0.39, 0.29) is 4.21 Å². The van der Waals surface area contributed by atoms with Gasteiger partial charge in [-0.3, -0.25) is 0 Å². The van der Waals surface area contributed by atoms with Gasteiger partial charge >= 0.3 is 0 Å². The molecule has 0 amide bonds. The highest BCUT2D eigenvalue weighted by atomic mass is 79.9. The van der Waals surface area contributed by atoms with Crippen LogP contribution >= 0.6 is 37.9 Å². The summed E-state index contributed by atoms with van der Waals surface area (Å²) in [4.78, 5) is 0. The Labute approximate surface area is 81.7 Å². The van der Waals surface area contributed by atoms with Crippen molar-refractivity contribution in [3.05, 3.63) is 15.4 Å². The zero-order valence-corrected chi connectivity index (χ0v) is 9.44. The van der Waals surface area contributed by atoms with Gasteiger partial charge in [0, 0.05) is 20.5 Å². The molecule has 2 nitrogen and oxygen atoms in total. The van der Waals surface area contributed by atoms with Crippen LogP contribution in [-0.2, 0) is 9.05 Å². The molecular formula is C5H4BrClO2S2. The maximum absolute atomic E-state index is 10.8. The van der Waals surface area contributed by atoms with E-state index in [2.05, 4.69) is 15.9 Å². The monoisotopic (exact) mass is 274 g/mol. The zero-order chi connectivity index (χ0) is 8.65. The molecule has 0 aliphatic heterocycles. The Bertz CT molecular complexity index is 368. The van der Waals surface area contributed by atoms with Gasteiger partial charge in [-0.15, -0.1) is 11.3 Å². The molecule has 0 spiro atoms. The summed E-state index contributed by atoms with van der Waals surface area (Å²) in [5, 5.41) is 1.70. The summed E-state index contributed by atoms with van der Waals surface area (Å²) in [6.07, 6.45) is 0. The summed E-state index contributed by atoms with van der Waals surface area (Å²) in [6, 6.07) is 0. The maximum Gasteiger partial charge on any atom is 0.271 e. The summed E-state index contributed by atoms with van der Waals surface area (Å²) in [5.41, 5.74) is 0.671. The van der Waals surface area contributed by atoms with Crippen molar-refractivity contribution in [2.24, 2.45) is 0 Å². The quantitative estimate of drug-likeness (QED) is 0.739. The number of hydrogen-bond donors (Lipinski definition) is 0. The third kappa shape index (κ3) is 1.96. The Morgan fingerprint density at radius 2 is 2.18 bits per heavy atom. The van der Waals surface area contributed by atoms with Crippen LogP contribution in [0.3, 0.4) is 0 Å². The minimum atomic E-state index is -3.55. The van der Waals surface area contributed by atoms with Crippen LogP contribution in [0.2, 0.25) is 0 Å². The van der Waals surface area contributed by atoms with Gasteiger partial charge in [0.1, 0.15) is 4.21 Å². The number of halogens is 2. The van der Waals surface area contributed by atoms with E-state index in [1.54, 1.807) is 12.3 Å². The average molecular weight is 276 g/mol. The Balaban J connectivity index is 3.38. The normalized spacial score (nSPS) is 11.9. The Kier molecular flexibility index (Phi) is 2.63. The molecule has 0 atom stereocenters. The van der Waals surface area contributed by atoms with Gasteiger partial charge in [-0.25, -0.2) is 8.42 Å². The first-order valence-corrected chi connectivity index (χ1v) is 6.59. The molecule has 0 aliphatic rings. The topological polar surface area (TPSA) is 34.1 Å². The summed E-state index contributed by atoms with van der Waals surface area (Å²) in [7, 11) is 1.59. The average Bonchev–Trinajstić information content (AvgIpc) is 2.11. The van der Waals surface area contributed by atoms with Gasteiger partial charge in [-0.05, 0) is 28.4 Å². The van der Waals surface area contributed by atoms with Gasteiger partial charge in [0.2, 0.25) is 0 Å². The minimum absolute atomic E-state index is 0.214. The molecule has 0 fully saturated rings. The fourth-order valence-electron chi connectivity index (χ4n) is 0.620. The summed E-state index contributed by atoms with van der Waals surface area (Å²) < 4.78 is 22.6. The van der Waals surface area contributed by atoms with Gasteiger partial charge in [-0.2, -0.15) is 0 Å². The highest BCUT2D eigenvalue weighted by Gasteiger charge is 2.16. The number of hydrogen-bond acceptors (Lipinski definition) is 3. The minimum Gasteiger partial charge on any atom is -0.206 e. The summed E-state index contributed by atoms with van der Waals surface area (Å²) in [5.74, 6) is 0. The van der Waals surface area contributed by atoms with E-state index in [9.17, 15) is 8.42 Å². The maximum atomic E-state index is 10.8. The van der Waals surface area contributed by atoms with Gasteiger partial charge < -0.3 is 0 Å². The van der Waals surface area contributed by atoms with E-state index in [0.29, 0.717) is 5.56 Å². The molecule has 1 aromatic rings. The molecule has 1 aromatic heterocycles. The van der Waals surface area contributed by atoms with Crippen LogP contribution in [0.15, 0.2) is 14.1 Å². The van der Waals surface area contributed by atoms with Crippen molar-refractivity contribution in [3.8, 4) is 0 Å². The van der Waals surface area contributed by atoms with E-state index in [1.165, 1.54) is 0 Å². The Morgan fingerprint density at radius 1 is 1.64 bits per heavy atom.